The maximum atomic E-state index is 8.33. The van der Waals surface area contributed by atoms with Crippen molar-refractivity contribution < 1.29 is 55.4 Å². The van der Waals surface area contributed by atoms with E-state index in [-0.39, 0.29) is 0 Å². The van der Waals surface area contributed by atoms with Crippen LogP contribution in [0.5, 0.6) is 0 Å². The van der Waals surface area contributed by atoms with E-state index >= 15 is 0 Å². The van der Waals surface area contributed by atoms with E-state index in [9.17, 15) is 0 Å². The first kappa shape index (κ1) is 9.76. The summed E-state index contributed by atoms with van der Waals surface area (Å²) in [6.07, 6.45) is -2.33. The third-order valence-electron chi connectivity index (χ3n) is 0. The van der Waals surface area contributed by atoms with Crippen LogP contribution in [0, 0.1) is 38.9 Å². The Morgan fingerprint density at radius 2 is 1.50 bits per heavy atom. The molecule has 6 heavy (non-hydrogen) atoms. The van der Waals surface area contributed by atoms with Gasteiger partial charge in [-0.05, 0) is 6.16 Å². The zero-order valence-corrected chi connectivity index (χ0v) is 5.20. The van der Waals surface area contributed by atoms with Gasteiger partial charge in [-0.1, -0.05) is 0 Å². The molecule has 0 aliphatic heterocycles. The molecule has 0 radical (unpaired) electrons. The number of rotatable bonds is 0. The molecule has 0 aromatic heterocycles. The van der Waals surface area contributed by atoms with Gasteiger partial charge in [-0.15, -0.1) is 0 Å². The summed E-state index contributed by atoms with van der Waals surface area (Å²) in [7, 11) is 0. The number of carbonyl (C=O) groups is 1. The minimum atomic E-state index is -2.33. The molecule has 5 heteroatoms. The van der Waals surface area contributed by atoms with Gasteiger partial charge in [0.15, 0.2) is 0 Å². The fraction of sp³-hybridized carbons (Fsp3) is 0. The molecule has 0 amide bonds. The van der Waals surface area contributed by atoms with Crippen LogP contribution in [-0.4, -0.2) is 7.64 Å². The SMILES string of the molecule is O=C([O-])[O-].[OH][Sm+2]. The van der Waals surface area contributed by atoms with E-state index < -0.39 is 6.16 Å². The molecule has 0 saturated carbocycles. The average Bonchev–Trinajstić information content (AvgIpc) is 1.41. The molecule has 0 rings (SSSR count). The summed E-state index contributed by atoms with van der Waals surface area (Å²) in [6, 6.07) is 0. The van der Waals surface area contributed by atoms with E-state index in [1.54, 1.807) is 0 Å². The van der Waals surface area contributed by atoms with Gasteiger partial charge in [0.05, 0.1) is 0 Å². The molecule has 35 valence electrons. The van der Waals surface area contributed by atoms with E-state index in [1.807, 2.05) is 0 Å². The molecule has 0 bridgehead atoms. The molecule has 0 aromatic carbocycles. The molecule has 0 aliphatic rings. The van der Waals surface area contributed by atoms with Gasteiger partial charge >= 0.3 is 40.4 Å². The third kappa shape index (κ3) is 180. The quantitative estimate of drug-likeness (QED) is 0.478. The third-order valence-corrected chi connectivity index (χ3v) is 0. The van der Waals surface area contributed by atoms with Crippen molar-refractivity contribution in [1.82, 2.24) is 0 Å². The monoisotopic (exact) mass is 229 g/mol. The Bertz CT molecular complexity index is 30.5. The Balaban J connectivity index is 0. The number of hydrogen-bond donors (Lipinski definition) is 1. The summed E-state index contributed by atoms with van der Waals surface area (Å²) in [4.78, 5) is 8.33. The predicted octanol–water partition coefficient (Wildman–Crippen LogP) is -3.00. The standard InChI is InChI=1S/CH2O3.H2O.Sm/c2-1(3)4;;/h(H2,2,3,4);1H2;/q;;+3/p-3. The molecule has 0 atom stereocenters. The number of carbonyl (C=O) groups excluding carboxylic acids is 1. The zero-order chi connectivity index (χ0) is 5.58. The topological polar surface area (TPSA) is 83.4 Å². The second kappa shape index (κ2) is 9.13. The summed E-state index contributed by atoms with van der Waals surface area (Å²) >= 11 is 0.583. The van der Waals surface area contributed by atoms with Crippen LogP contribution >= 0.6 is 0 Å². The van der Waals surface area contributed by atoms with Gasteiger partial charge in [0.25, 0.3) is 0 Å². The first-order chi connectivity index (χ1) is 2.73. The molecule has 0 saturated heterocycles. The Labute approximate surface area is 61.1 Å². The molecular formula is CHO4Sm. The van der Waals surface area contributed by atoms with Crippen molar-refractivity contribution in [2.45, 2.75) is 0 Å². The van der Waals surface area contributed by atoms with Crippen molar-refractivity contribution in [2.75, 3.05) is 0 Å². The van der Waals surface area contributed by atoms with Gasteiger partial charge in [-0.25, -0.2) is 0 Å². The average molecular weight is 227 g/mol. The summed E-state index contributed by atoms with van der Waals surface area (Å²) in [5.74, 6) is 0. The van der Waals surface area contributed by atoms with Crippen molar-refractivity contribution >= 4 is 6.16 Å². The minimum absolute atomic E-state index is 0.583. The Kier molecular flexibility index (Phi) is 14.8. The number of hydrogen-bond acceptors (Lipinski definition) is 4. The van der Waals surface area contributed by atoms with E-state index in [2.05, 4.69) is 0 Å². The fourth-order valence-corrected chi connectivity index (χ4v) is 0. The van der Waals surface area contributed by atoms with E-state index in [0.717, 1.165) is 0 Å². The second-order valence-electron chi connectivity index (χ2n) is 0.250. The first-order valence-electron chi connectivity index (χ1n) is 0.795. The summed E-state index contributed by atoms with van der Waals surface area (Å²) in [5.41, 5.74) is 0. The fourth-order valence-electron chi connectivity index (χ4n) is 0. The molecule has 4 nitrogen and oxygen atoms in total. The molecule has 0 fully saturated rings. The number of carboxylic acid groups (broad SMARTS) is 2. The van der Waals surface area contributed by atoms with Crippen LogP contribution < -0.4 is 10.2 Å². The Hall–Kier alpha value is 0.568. The van der Waals surface area contributed by atoms with Gasteiger partial charge in [-0.2, -0.15) is 0 Å². The molecule has 1 N–H and O–H groups in total. The summed E-state index contributed by atoms with van der Waals surface area (Å²) in [6.45, 7) is 0. The van der Waals surface area contributed by atoms with Gasteiger partial charge in [0.1, 0.15) is 0 Å². The summed E-state index contributed by atoms with van der Waals surface area (Å²) < 4.78 is 7.08. The van der Waals surface area contributed by atoms with Crippen LogP contribution in [0.2, 0.25) is 0 Å². The normalized spacial score (nSPS) is 4.67. The van der Waals surface area contributed by atoms with Crippen LogP contribution in [0.4, 0.5) is 4.79 Å². The molecule has 0 unspecified atom stereocenters. The van der Waals surface area contributed by atoms with Crippen molar-refractivity contribution in [3.05, 3.63) is 0 Å². The van der Waals surface area contributed by atoms with Crippen molar-refractivity contribution in [3.63, 3.8) is 0 Å². The summed E-state index contributed by atoms with van der Waals surface area (Å²) in [5, 5.41) is 16.7. The van der Waals surface area contributed by atoms with Gasteiger partial charge < -0.3 is 15.0 Å². The molecule has 0 heterocycles. The first-order valence-corrected chi connectivity index (χ1v) is 1.97. The maximum absolute atomic E-state index is 8.33. The van der Waals surface area contributed by atoms with Crippen LogP contribution in [0.1, 0.15) is 0 Å². The molecular weight excluding hydrogens is 226 g/mol. The van der Waals surface area contributed by atoms with Gasteiger partial charge in [0, 0.05) is 0 Å². The van der Waals surface area contributed by atoms with Crippen molar-refractivity contribution in [1.29, 1.82) is 0 Å². The van der Waals surface area contributed by atoms with Crippen LogP contribution in [0.15, 0.2) is 0 Å². The van der Waals surface area contributed by atoms with Crippen molar-refractivity contribution in [2.24, 2.45) is 0 Å². The van der Waals surface area contributed by atoms with E-state index in [0.29, 0.717) is 38.9 Å². The molecule has 0 aliphatic carbocycles. The van der Waals surface area contributed by atoms with Gasteiger partial charge in [0.2, 0.25) is 0 Å². The second-order valence-corrected chi connectivity index (χ2v) is 0.250. The molecule has 0 aromatic rings. The van der Waals surface area contributed by atoms with E-state index in [1.165, 1.54) is 0 Å². The predicted molar refractivity (Wildman–Crippen MR) is 7.61 cm³/mol. The van der Waals surface area contributed by atoms with Crippen LogP contribution in [0.3, 0.4) is 0 Å². The van der Waals surface area contributed by atoms with Gasteiger partial charge in [-0.3, -0.25) is 0 Å². The van der Waals surface area contributed by atoms with Crippen LogP contribution in [-0.2, 0) is 0 Å². The van der Waals surface area contributed by atoms with E-state index in [4.69, 9.17) is 16.5 Å². The van der Waals surface area contributed by atoms with Crippen molar-refractivity contribution in [3.8, 4) is 0 Å². The molecule has 0 spiro atoms. The Morgan fingerprint density at radius 3 is 1.50 bits per heavy atom. The van der Waals surface area contributed by atoms with Crippen LogP contribution in [0.25, 0.3) is 0 Å². The zero-order valence-electron chi connectivity index (χ0n) is 2.58. The Morgan fingerprint density at radius 1 is 1.50 bits per heavy atom.